The van der Waals surface area contributed by atoms with Gasteiger partial charge >= 0.3 is 0 Å². The van der Waals surface area contributed by atoms with Crippen LogP contribution in [0.2, 0.25) is 0 Å². The maximum absolute atomic E-state index is 12.5. The van der Waals surface area contributed by atoms with Gasteiger partial charge < -0.3 is 10.6 Å². The van der Waals surface area contributed by atoms with Gasteiger partial charge in [-0.05, 0) is 43.7 Å². The fraction of sp³-hybridized carbons (Fsp3) is 0.136. The number of carbonyl (C=O) groups is 2. The number of aromatic nitrogens is 1. The molecule has 0 fully saturated rings. The molecule has 5 heteroatoms. The lowest BCUT2D eigenvalue weighted by Crippen LogP contribution is -2.27. The summed E-state index contributed by atoms with van der Waals surface area (Å²) in [6.45, 7) is 3.89. The molecular weight excluding hydrogens is 338 g/mol. The van der Waals surface area contributed by atoms with Gasteiger partial charge in [0.05, 0.1) is 6.04 Å². The van der Waals surface area contributed by atoms with Crippen molar-refractivity contribution in [3.8, 4) is 0 Å². The summed E-state index contributed by atoms with van der Waals surface area (Å²) in [6.07, 6.45) is 1.46. The normalized spacial score (nSPS) is 11.5. The molecule has 0 aliphatic carbocycles. The van der Waals surface area contributed by atoms with E-state index in [1.165, 1.54) is 12.3 Å². The summed E-state index contributed by atoms with van der Waals surface area (Å²) in [7, 11) is 0. The molecule has 1 aromatic heterocycles. The predicted octanol–water partition coefficient (Wildman–Crippen LogP) is 4.13. The molecule has 1 heterocycles. The van der Waals surface area contributed by atoms with Crippen LogP contribution >= 0.6 is 0 Å². The molecule has 1 unspecified atom stereocenters. The minimum Gasteiger partial charge on any atom is -0.344 e. The Labute approximate surface area is 158 Å². The molecular formula is C22H21N3O2. The molecule has 5 nitrogen and oxygen atoms in total. The lowest BCUT2D eigenvalue weighted by atomic mass is 10.1. The summed E-state index contributed by atoms with van der Waals surface area (Å²) in [6, 6.07) is 20.1. The quantitative estimate of drug-likeness (QED) is 0.719. The van der Waals surface area contributed by atoms with Crippen LogP contribution < -0.4 is 10.6 Å². The van der Waals surface area contributed by atoms with E-state index in [1.54, 1.807) is 6.07 Å². The number of carbonyl (C=O) groups excluding carboxylic acids is 2. The average Bonchev–Trinajstić information content (AvgIpc) is 2.70. The Balaban J connectivity index is 1.69. The number of rotatable bonds is 5. The van der Waals surface area contributed by atoms with E-state index in [0.717, 1.165) is 11.1 Å². The molecule has 136 valence electrons. The Morgan fingerprint density at radius 3 is 2.33 bits per heavy atom. The van der Waals surface area contributed by atoms with Crippen molar-refractivity contribution >= 4 is 17.5 Å². The van der Waals surface area contributed by atoms with E-state index in [2.05, 4.69) is 15.6 Å². The zero-order valence-corrected chi connectivity index (χ0v) is 15.3. The number of pyridine rings is 1. The second-order valence-corrected chi connectivity index (χ2v) is 6.36. The van der Waals surface area contributed by atoms with Crippen molar-refractivity contribution in [3.05, 3.63) is 95.3 Å². The third-order valence-corrected chi connectivity index (χ3v) is 4.21. The molecule has 0 aliphatic rings. The lowest BCUT2D eigenvalue weighted by molar-refractivity contribution is 0.0935. The van der Waals surface area contributed by atoms with Gasteiger partial charge in [-0.15, -0.1) is 0 Å². The summed E-state index contributed by atoms with van der Waals surface area (Å²) in [4.78, 5) is 29.0. The smallest absolute Gasteiger partial charge is 0.270 e. The Hall–Kier alpha value is -3.47. The van der Waals surface area contributed by atoms with Crippen LogP contribution in [0.5, 0.6) is 0 Å². The molecule has 0 saturated heterocycles. The molecule has 2 N–H and O–H groups in total. The summed E-state index contributed by atoms with van der Waals surface area (Å²) in [5, 5.41) is 5.72. The second-order valence-electron chi connectivity index (χ2n) is 6.36. The Morgan fingerprint density at radius 2 is 1.63 bits per heavy atom. The molecule has 0 spiro atoms. The SMILES string of the molecule is Cc1ccc(NC(=O)c2ccnc(C(=O)NC(C)c3ccccc3)c2)cc1. The number of hydrogen-bond acceptors (Lipinski definition) is 3. The Morgan fingerprint density at radius 1 is 0.926 bits per heavy atom. The number of aryl methyl sites for hydroxylation is 1. The molecule has 2 amide bonds. The summed E-state index contributed by atoms with van der Waals surface area (Å²) >= 11 is 0. The lowest BCUT2D eigenvalue weighted by Gasteiger charge is -2.14. The predicted molar refractivity (Wildman–Crippen MR) is 106 cm³/mol. The minimum atomic E-state index is -0.323. The first kappa shape index (κ1) is 18.3. The van der Waals surface area contributed by atoms with Crippen LogP contribution in [0.4, 0.5) is 5.69 Å². The fourth-order valence-electron chi connectivity index (χ4n) is 2.63. The van der Waals surface area contributed by atoms with Crippen molar-refractivity contribution in [1.29, 1.82) is 0 Å². The topological polar surface area (TPSA) is 71.1 Å². The second kappa shape index (κ2) is 8.27. The van der Waals surface area contributed by atoms with E-state index in [1.807, 2.05) is 68.4 Å². The monoisotopic (exact) mass is 359 g/mol. The van der Waals surface area contributed by atoms with E-state index >= 15 is 0 Å². The number of amides is 2. The number of hydrogen-bond donors (Lipinski definition) is 2. The number of nitrogens with one attached hydrogen (secondary N) is 2. The van der Waals surface area contributed by atoms with Crippen LogP contribution in [0, 0.1) is 6.92 Å². The van der Waals surface area contributed by atoms with Crippen molar-refractivity contribution in [2.45, 2.75) is 19.9 Å². The van der Waals surface area contributed by atoms with Crippen LogP contribution in [0.1, 0.15) is 44.9 Å². The van der Waals surface area contributed by atoms with Gasteiger partial charge in [0.1, 0.15) is 5.69 Å². The van der Waals surface area contributed by atoms with Crippen LogP contribution in [-0.2, 0) is 0 Å². The van der Waals surface area contributed by atoms with E-state index in [9.17, 15) is 9.59 Å². The molecule has 2 aromatic carbocycles. The fourth-order valence-corrected chi connectivity index (χ4v) is 2.63. The van der Waals surface area contributed by atoms with Gasteiger partial charge in [-0.25, -0.2) is 0 Å². The van der Waals surface area contributed by atoms with Crippen LogP contribution in [0.15, 0.2) is 72.9 Å². The molecule has 3 aromatic rings. The van der Waals surface area contributed by atoms with Gasteiger partial charge in [0, 0.05) is 17.4 Å². The van der Waals surface area contributed by atoms with Crippen LogP contribution in [-0.4, -0.2) is 16.8 Å². The van der Waals surface area contributed by atoms with Gasteiger partial charge in [-0.2, -0.15) is 0 Å². The molecule has 1 atom stereocenters. The highest BCUT2D eigenvalue weighted by atomic mass is 16.2. The van der Waals surface area contributed by atoms with Gasteiger partial charge in [0.25, 0.3) is 11.8 Å². The van der Waals surface area contributed by atoms with Gasteiger partial charge in [0.15, 0.2) is 0 Å². The Kier molecular flexibility index (Phi) is 5.61. The number of nitrogens with zero attached hydrogens (tertiary/aromatic N) is 1. The molecule has 0 saturated carbocycles. The highest BCUT2D eigenvalue weighted by molar-refractivity contribution is 6.05. The van der Waals surface area contributed by atoms with Crippen molar-refractivity contribution in [2.24, 2.45) is 0 Å². The third kappa shape index (κ3) is 4.79. The van der Waals surface area contributed by atoms with Crippen molar-refractivity contribution in [2.75, 3.05) is 5.32 Å². The largest absolute Gasteiger partial charge is 0.344 e. The van der Waals surface area contributed by atoms with Crippen molar-refractivity contribution in [3.63, 3.8) is 0 Å². The van der Waals surface area contributed by atoms with E-state index in [4.69, 9.17) is 0 Å². The van der Waals surface area contributed by atoms with E-state index in [0.29, 0.717) is 11.3 Å². The molecule has 0 bridgehead atoms. The first-order valence-corrected chi connectivity index (χ1v) is 8.73. The highest BCUT2D eigenvalue weighted by Gasteiger charge is 2.15. The van der Waals surface area contributed by atoms with Gasteiger partial charge in [-0.3, -0.25) is 14.6 Å². The summed E-state index contributed by atoms with van der Waals surface area (Å²) in [5.74, 6) is -0.609. The maximum atomic E-state index is 12.5. The first-order valence-electron chi connectivity index (χ1n) is 8.73. The van der Waals surface area contributed by atoms with E-state index < -0.39 is 0 Å². The molecule has 3 rings (SSSR count). The average molecular weight is 359 g/mol. The van der Waals surface area contributed by atoms with Crippen molar-refractivity contribution in [1.82, 2.24) is 10.3 Å². The Bertz CT molecular complexity index is 937. The van der Waals surface area contributed by atoms with Crippen molar-refractivity contribution < 1.29 is 9.59 Å². The van der Waals surface area contributed by atoms with Crippen LogP contribution in [0.3, 0.4) is 0 Å². The first-order chi connectivity index (χ1) is 13.0. The van der Waals surface area contributed by atoms with Gasteiger partial charge in [0.2, 0.25) is 0 Å². The number of anilines is 1. The molecule has 27 heavy (non-hydrogen) atoms. The standard InChI is InChI=1S/C22H21N3O2/c1-15-8-10-19(11-9-15)25-21(26)18-12-13-23-20(14-18)22(27)24-16(2)17-6-4-3-5-7-17/h3-14,16H,1-2H3,(H,24,27)(H,25,26). The van der Waals surface area contributed by atoms with Crippen LogP contribution in [0.25, 0.3) is 0 Å². The number of benzene rings is 2. The maximum Gasteiger partial charge on any atom is 0.270 e. The zero-order valence-electron chi connectivity index (χ0n) is 15.3. The third-order valence-electron chi connectivity index (χ3n) is 4.21. The highest BCUT2D eigenvalue weighted by Crippen LogP contribution is 2.14. The minimum absolute atomic E-state index is 0.162. The molecule has 0 aliphatic heterocycles. The summed E-state index contributed by atoms with van der Waals surface area (Å²) in [5.41, 5.74) is 3.39. The molecule has 0 radical (unpaired) electrons. The van der Waals surface area contributed by atoms with E-state index in [-0.39, 0.29) is 23.6 Å². The summed E-state index contributed by atoms with van der Waals surface area (Å²) < 4.78 is 0. The zero-order chi connectivity index (χ0) is 19.2. The van der Waals surface area contributed by atoms with Gasteiger partial charge in [-0.1, -0.05) is 48.0 Å².